The first-order chi connectivity index (χ1) is 24.7. The Hall–Kier alpha value is -0.950. The summed E-state index contributed by atoms with van der Waals surface area (Å²) in [6.45, 7) is 2.62. The molecule has 0 aliphatic heterocycles. The van der Waals surface area contributed by atoms with Crippen molar-refractivity contribution in [1.82, 2.24) is 0 Å². The molecule has 304 valence electrons. The summed E-state index contributed by atoms with van der Waals surface area (Å²) in [5, 5.41) is 0. The molecule has 51 heavy (non-hydrogen) atoms. The maximum atomic E-state index is 12.0. The van der Waals surface area contributed by atoms with Crippen LogP contribution in [0.25, 0.3) is 0 Å². The Labute approximate surface area is 315 Å². The lowest BCUT2D eigenvalue weighted by Crippen LogP contribution is -2.28. The molecule has 0 saturated carbocycles. The van der Waals surface area contributed by atoms with Gasteiger partial charge in [-0.25, -0.2) is 4.57 Å². The van der Waals surface area contributed by atoms with Crippen LogP contribution in [0.5, 0.6) is 0 Å². The zero-order chi connectivity index (χ0) is 37.5. The standard InChI is InChI=1S/C42H83O8P/c1-3-4-5-6-7-8-9-10-11-12-13-14-15-16-17-18-19-20-21-22-23-24-25-26-27-28-29-30-31-32-33-34-35-36-37-42(44)48-38-41(50-40(2)43)39-49-51(45,46)47/h41H,3-39H2,1-2H3,(H2,45,46,47)/t41-/m1/s1. The second-order valence-corrected chi connectivity index (χ2v) is 16.4. The largest absolute Gasteiger partial charge is 0.469 e. The molecule has 0 fully saturated rings. The number of unbranched alkanes of at least 4 members (excludes halogenated alkanes) is 33. The van der Waals surface area contributed by atoms with Crippen LogP contribution in [0.4, 0.5) is 0 Å². The predicted octanol–water partition coefficient (Wildman–Crippen LogP) is 13.2. The minimum absolute atomic E-state index is 0.270. The molecule has 1 atom stereocenters. The molecule has 0 rings (SSSR count). The Kier molecular flexibility index (Phi) is 38.0. The van der Waals surface area contributed by atoms with Crippen LogP contribution in [0, 0.1) is 0 Å². The molecule has 0 unspecified atom stereocenters. The van der Waals surface area contributed by atoms with Crippen LogP contribution in [-0.2, 0) is 28.2 Å². The van der Waals surface area contributed by atoms with Gasteiger partial charge in [0.05, 0.1) is 6.61 Å². The van der Waals surface area contributed by atoms with E-state index < -0.39 is 32.5 Å². The molecule has 0 amide bonds. The number of phosphoric acid groups is 1. The number of ether oxygens (including phenoxy) is 2. The van der Waals surface area contributed by atoms with Gasteiger partial charge >= 0.3 is 19.8 Å². The summed E-state index contributed by atoms with van der Waals surface area (Å²) in [4.78, 5) is 40.7. The number of esters is 2. The summed E-state index contributed by atoms with van der Waals surface area (Å²) in [5.74, 6) is -1.06. The van der Waals surface area contributed by atoms with E-state index >= 15 is 0 Å². The number of hydrogen-bond acceptors (Lipinski definition) is 6. The molecular weight excluding hydrogens is 663 g/mol. The van der Waals surface area contributed by atoms with Crippen molar-refractivity contribution in [1.29, 1.82) is 0 Å². The first-order valence-electron chi connectivity index (χ1n) is 21.8. The molecule has 0 aliphatic carbocycles. The number of hydrogen-bond donors (Lipinski definition) is 2. The van der Waals surface area contributed by atoms with Crippen molar-refractivity contribution >= 4 is 19.8 Å². The Bertz CT molecular complexity index is 802. The minimum Gasteiger partial charge on any atom is -0.462 e. The molecular formula is C42H83O8P. The summed E-state index contributed by atoms with van der Waals surface area (Å²) in [5.41, 5.74) is 0. The highest BCUT2D eigenvalue weighted by Gasteiger charge is 2.21. The van der Waals surface area contributed by atoms with Crippen molar-refractivity contribution in [2.75, 3.05) is 13.2 Å². The summed E-state index contributed by atoms with van der Waals surface area (Å²) in [7, 11) is -4.70. The van der Waals surface area contributed by atoms with Crippen LogP contribution in [0.2, 0.25) is 0 Å². The monoisotopic (exact) mass is 747 g/mol. The average Bonchev–Trinajstić information content (AvgIpc) is 3.09. The van der Waals surface area contributed by atoms with Crippen LogP contribution < -0.4 is 0 Å². The van der Waals surface area contributed by atoms with E-state index in [0.29, 0.717) is 0 Å². The van der Waals surface area contributed by atoms with Crippen molar-refractivity contribution < 1.29 is 37.9 Å². The molecule has 8 nitrogen and oxygen atoms in total. The summed E-state index contributed by atoms with van der Waals surface area (Å²) >= 11 is 0. The van der Waals surface area contributed by atoms with E-state index in [1.54, 1.807) is 0 Å². The van der Waals surface area contributed by atoms with E-state index in [-0.39, 0.29) is 13.0 Å². The lowest BCUT2D eigenvalue weighted by Gasteiger charge is -2.17. The van der Waals surface area contributed by atoms with Gasteiger partial charge in [-0.05, 0) is 6.42 Å². The van der Waals surface area contributed by atoms with E-state index in [4.69, 9.17) is 19.3 Å². The molecule has 0 bridgehead atoms. The van der Waals surface area contributed by atoms with Gasteiger partial charge in [0.25, 0.3) is 0 Å². The molecule has 0 aromatic rings. The normalized spacial score (nSPS) is 12.3. The summed E-state index contributed by atoms with van der Waals surface area (Å²) in [6, 6.07) is 0. The lowest BCUT2D eigenvalue weighted by atomic mass is 10.0. The third-order valence-electron chi connectivity index (χ3n) is 9.93. The molecule has 2 N–H and O–H groups in total. The summed E-state index contributed by atoms with van der Waals surface area (Å²) in [6.07, 6.45) is 45.8. The van der Waals surface area contributed by atoms with Crippen molar-refractivity contribution in [3.05, 3.63) is 0 Å². The molecule has 0 radical (unpaired) electrons. The van der Waals surface area contributed by atoms with Gasteiger partial charge in [-0.3, -0.25) is 14.1 Å². The lowest BCUT2D eigenvalue weighted by molar-refractivity contribution is -0.159. The molecule has 0 saturated heterocycles. The van der Waals surface area contributed by atoms with Crippen molar-refractivity contribution in [2.45, 2.75) is 245 Å². The minimum atomic E-state index is -4.70. The van der Waals surface area contributed by atoms with E-state index in [0.717, 1.165) is 26.2 Å². The topological polar surface area (TPSA) is 119 Å². The zero-order valence-corrected chi connectivity index (χ0v) is 34.4. The fourth-order valence-electron chi connectivity index (χ4n) is 6.79. The Balaban J connectivity index is 3.28. The van der Waals surface area contributed by atoms with Gasteiger partial charge in [-0.1, -0.05) is 219 Å². The highest BCUT2D eigenvalue weighted by molar-refractivity contribution is 7.46. The van der Waals surface area contributed by atoms with Crippen LogP contribution in [0.1, 0.15) is 239 Å². The molecule has 0 heterocycles. The van der Waals surface area contributed by atoms with Gasteiger partial charge in [-0.15, -0.1) is 0 Å². The van der Waals surface area contributed by atoms with E-state index in [9.17, 15) is 14.2 Å². The third-order valence-corrected chi connectivity index (χ3v) is 10.4. The molecule has 0 aromatic carbocycles. The quantitative estimate of drug-likeness (QED) is 0.0360. The van der Waals surface area contributed by atoms with Gasteiger partial charge in [0.2, 0.25) is 0 Å². The van der Waals surface area contributed by atoms with Crippen LogP contribution in [-0.4, -0.2) is 41.0 Å². The number of rotatable bonds is 41. The Morgan fingerprint density at radius 2 is 0.745 bits per heavy atom. The second kappa shape index (κ2) is 38.8. The molecule has 9 heteroatoms. The van der Waals surface area contributed by atoms with Crippen LogP contribution >= 0.6 is 7.82 Å². The first kappa shape index (κ1) is 50.1. The highest BCUT2D eigenvalue weighted by Crippen LogP contribution is 2.35. The van der Waals surface area contributed by atoms with Gasteiger partial charge in [0.1, 0.15) is 6.61 Å². The van der Waals surface area contributed by atoms with Gasteiger partial charge in [0.15, 0.2) is 6.10 Å². The van der Waals surface area contributed by atoms with E-state index in [1.165, 1.54) is 199 Å². The zero-order valence-electron chi connectivity index (χ0n) is 33.5. The Morgan fingerprint density at radius 1 is 0.471 bits per heavy atom. The van der Waals surface area contributed by atoms with E-state index in [2.05, 4.69) is 11.4 Å². The predicted molar refractivity (Wildman–Crippen MR) is 212 cm³/mol. The van der Waals surface area contributed by atoms with Crippen molar-refractivity contribution in [3.8, 4) is 0 Å². The smallest absolute Gasteiger partial charge is 0.462 e. The van der Waals surface area contributed by atoms with Crippen molar-refractivity contribution in [2.24, 2.45) is 0 Å². The average molecular weight is 747 g/mol. The van der Waals surface area contributed by atoms with E-state index in [1.807, 2.05) is 0 Å². The fourth-order valence-corrected chi connectivity index (χ4v) is 7.15. The maximum Gasteiger partial charge on any atom is 0.469 e. The third kappa shape index (κ3) is 43.3. The molecule has 0 aromatic heterocycles. The number of carbonyl (C=O) groups excluding carboxylic acids is 2. The van der Waals surface area contributed by atoms with Gasteiger partial charge in [0, 0.05) is 13.3 Å². The van der Waals surface area contributed by atoms with Gasteiger partial charge < -0.3 is 19.3 Å². The van der Waals surface area contributed by atoms with Crippen LogP contribution in [0.15, 0.2) is 0 Å². The molecule has 0 aliphatic rings. The van der Waals surface area contributed by atoms with Crippen molar-refractivity contribution in [3.63, 3.8) is 0 Å². The summed E-state index contributed by atoms with van der Waals surface area (Å²) < 4.78 is 25.2. The maximum absolute atomic E-state index is 12.0. The second-order valence-electron chi connectivity index (χ2n) is 15.1. The SMILES string of the molecule is CCCCCCCCCCCCCCCCCCCCCCCCCCCCCCCCCCCCC(=O)OC[C@H](COP(=O)(O)O)OC(C)=O. The fraction of sp³-hybridized carbons (Fsp3) is 0.952. The molecule has 0 spiro atoms. The van der Waals surface area contributed by atoms with Gasteiger partial charge in [-0.2, -0.15) is 0 Å². The number of phosphoric ester groups is 1. The Morgan fingerprint density at radius 3 is 1.00 bits per heavy atom. The highest BCUT2D eigenvalue weighted by atomic mass is 31.2. The first-order valence-corrected chi connectivity index (χ1v) is 23.3. The number of carbonyl (C=O) groups is 2. The van der Waals surface area contributed by atoms with Crippen LogP contribution in [0.3, 0.4) is 0 Å².